The van der Waals surface area contributed by atoms with Crippen LogP contribution in [0.3, 0.4) is 0 Å². The molecule has 1 heterocycles. The summed E-state index contributed by atoms with van der Waals surface area (Å²) in [6.45, 7) is 6.01. The number of carboxylic acid groups (broad SMARTS) is 1. The van der Waals surface area contributed by atoms with Gasteiger partial charge in [-0.15, -0.1) is 11.3 Å². The van der Waals surface area contributed by atoms with Crippen molar-refractivity contribution in [2.45, 2.75) is 20.4 Å². The van der Waals surface area contributed by atoms with E-state index >= 15 is 0 Å². The molecule has 0 saturated carbocycles. The maximum atomic E-state index is 10.5. The summed E-state index contributed by atoms with van der Waals surface area (Å²) in [5.74, 6) is -0.919. The summed E-state index contributed by atoms with van der Waals surface area (Å²) in [5.41, 5.74) is 3.41. The predicted molar refractivity (Wildman–Crippen MR) is 88.9 cm³/mol. The Morgan fingerprint density at radius 3 is 2.86 bits per heavy atom. The Kier molecular flexibility index (Phi) is 5.17. The second-order valence-corrected chi connectivity index (χ2v) is 5.87. The molecule has 1 aromatic heterocycles. The molecular weight excluding hydrogens is 282 g/mol. The number of thiophene rings is 1. The Hall–Kier alpha value is -2.07. The summed E-state index contributed by atoms with van der Waals surface area (Å²) in [4.78, 5) is 14.1. The summed E-state index contributed by atoms with van der Waals surface area (Å²) in [6.07, 6.45) is 2.80. The molecule has 1 aromatic carbocycles. The van der Waals surface area contributed by atoms with Gasteiger partial charge < -0.3 is 10.0 Å². The largest absolute Gasteiger partial charge is 0.478 e. The Morgan fingerprint density at radius 2 is 2.19 bits per heavy atom. The SMILES string of the molecule is CCN(Cc1cc(C=CC(=O)O)cs1)c1cccc(C)c1. The van der Waals surface area contributed by atoms with Gasteiger partial charge in [-0.1, -0.05) is 12.1 Å². The van der Waals surface area contributed by atoms with Crippen molar-refractivity contribution >= 4 is 29.1 Å². The average molecular weight is 301 g/mol. The molecule has 0 spiro atoms. The highest BCUT2D eigenvalue weighted by molar-refractivity contribution is 7.10. The zero-order valence-electron chi connectivity index (χ0n) is 12.2. The van der Waals surface area contributed by atoms with Gasteiger partial charge in [-0.25, -0.2) is 4.79 Å². The van der Waals surface area contributed by atoms with Crippen molar-refractivity contribution in [3.05, 3.63) is 57.8 Å². The number of hydrogen-bond donors (Lipinski definition) is 1. The lowest BCUT2D eigenvalue weighted by molar-refractivity contribution is -0.131. The van der Waals surface area contributed by atoms with E-state index in [1.165, 1.54) is 22.2 Å². The van der Waals surface area contributed by atoms with E-state index in [2.05, 4.69) is 43.0 Å². The molecule has 0 saturated heterocycles. The monoisotopic (exact) mass is 301 g/mol. The van der Waals surface area contributed by atoms with Gasteiger partial charge in [0.15, 0.2) is 0 Å². The van der Waals surface area contributed by atoms with Crippen LogP contribution in [0.5, 0.6) is 0 Å². The third kappa shape index (κ3) is 4.46. The molecule has 0 radical (unpaired) electrons. The molecule has 0 amide bonds. The molecule has 2 rings (SSSR count). The molecule has 0 fully saturated rings. The lowest BCUT2D eigenvalue weighted by Crippen LogP contribution is -2.21. The predicted octanol–water partition coefficient (Wildman–Crippen LogP) is 4.18. The van der Waals surface area contributed by atoms with Crippen LogP contribution < -0.4 is 4.90 Å². The van der Waals surface area contributed by atoms with E-state index in [9.17, 15) is 4.79 Å². The zero-order valence-corrected chi connectivity index (χ0v) is 13.1. The van der Waals surface area contributed by atoms with E-state index < -0.39 is 5.97 Å². The fourth-order valence-electron chi connectivity index (χ4n) is 2.13. The Balaban J connectivity index is 2.10. The van der Waals surface area contributed by atoms with Crippen LogP contribution in [0, 0.1) is 6.92 Å². The molecule has 0 unspecified atom stereocenters. The van der Waals surface area contributed by atoms with E-state index in [0.717, 1.165) is 18.7 Å². The molecule has 2 aromatic rings. The lowest BCUT2D eigenvalue weighted by Gasteiger charge is -2.22. The third-order valence-corrected chi connectivity index (χ3v) is 4.13. The van der Waals surface area contributed by atoms with E-state index in [4.69, 9.17) is 5.11 Å². The van der Waals surface area contributed by atoms with Crippen LogP contribution in [0.15, 0.2) is 41.8 Å². The first-order valence-electron chi connectivity index (χ1n) is 6.88. The minimum Gasteiger partial charge on any atom is -0.478 e. The van der Waals surface area contributed by atoms with Crippen LogP contribution in [-0.4, -0.2) is 17.6 Å². The lowest BCUT2D eigenvalue weighted by atomic mass is 10.2. The van der Waals surface area contributed by atoms with Crippen LogP contribution in [0.2, 0.25) is 0 Å². The van der Waals surface area contributed by atoms with Gasteiger partial charge in [0.05, 0.1) is 6.54 Å². The van der Waals surface area contributed by atoms with E-state index in [1.807, 2.05) is 11.4 Å². The molecule has 110 valence electrons. The Bertz CT molecular complexity index is 646. The number of benzene rings is 1. The van der Waals surface area contributed by atoms with Gasteiger partial charge in [-0.05, 0) is 54.6 Å². The normalized spacial score (nSPS) is 11.0. The molecule has 1 N–H and O–H groups in total. The molecule has 3 nitrogen and oxygen atoms in total. The topological polar surface area (TPSA) is 40.5 Å². The summed E-state index contributed by atoms with van der Waals surface area (Å²) in [6, 6.07) is 10.5. The molecule has 0 aliphatic rings. The number of hydrogen-bond acceptors (Lipinski definition) is 3. The van der Waals surface area contributed by atoms with Gasteiger partial charge >= 0.3 is 5.97 Å². The summed E-state index contributed by atoms with van der Waals surface area (Å²) < 4.78 is 0. The van der Waals surface area contributed by atoms with Gasteiger partial charge in [0.2, 0.25) is 0 Å². The molecular formula is C17H19NO2S. The van der Waals surface area contributed by atoms with Gasteiger partial charge in [0.1, 0.15) is 0 Å². The zero-order chi connectivity index (χ0) is 15.2. The second kappa shape index (κ2) is 7.09. The number of aryl methyl sites for hydroxylation is 1. The van der Waals surface area contributed by atoms with Crippen LogP contribution in [-0.2, 0) is 11.3 Å². The smallest absolute Gasteiger partial charge is 0.328 e. The first-order valence-corrected chi connectivity index (χ1v) is 7.76. The fraction of sp³-hybridized carbons (Fsp3) is 0.235. The number of carbonyl (C=O) groups is 1. The molecule has 0 atom stereocenters. The summed E-state index contributed by atoms with van der Waals surface area (Å²) in [5, 5.41) is 10.6. The van der Waals surface area contributed by atoms with Crippen LogP contribution in [0.25, 0.3) is 6.08 Å². The maximum Gasteiger partial charge on any atom is 0.328 e. The minimum atomic E-state index is -0.919. The Labute approximate surface area is 129 Å². The van der Waals surface area contributed by atoms with Crippen molar-refractivity contribution < 1.29 is 9.90 Å². The van der Waals surface area contributed by atoms with E-state index in [1.54, 1.807) is 17.4 Å². The van der Waals surface area contributed by atoms with Crippen LogP contribution in [0.4, 0.5) is 5.69 Å². The molecule has 4 heteroatoms. The van der Waals surface area contributed by atoms with Gasteiger partial charge in [-0.2, -0.15) is 0 Å². The highest BCUT2D eigenvalue weighted by Crippen LogP contribution is 2.22. The van der Waals surface area contributed by atoms with Crippen molar-refractivity contribution in [1.82, 2.24) is 0 Å². The summed E-state index contributed by atoms with van der Waals surface area (Å²) in [7, 11) is 0. The molecule has 0 aliphatic heterocycles. The third-order valence-electron chi connectivity index (χ3n) is 3.19. The van der Waals surface area contributed by atoms with Crippen molar-refractivity contribution in [2.75, 3.05) is 11.4 Å². The number of anilines is 1. The first kappa shape index (κ1) is 15.3. The van der Waals surface area contributed by atoms with Crippen LogP contribution in [0.1, 0.15) is 22.9 Å². The number of rotatable bonds is 6. The van der Waals surface area contributed by atoms with Gasteiger partial charge in [0.25, 0.3) is 0 Å². The van der Waals surface area contributed by atoms with E-state index in [0.29, 0.717) is 0 Å². The quantitative estimate of drug-likeness (QED) is 0.814. The van der Waals surface area contributed by atoms with Gasteiger partial charge in [-0.3, -0.25) is 0 Å². The van der Waals surface area contributed by atoms with Crippen molar-refractivity contribution in [3.8, 4) is 0 Å². The fourth-order valence-corrected chi connectivity index (χ4v) is 3.00. The van der Waals surface area contributed by atoms with Crippen LogP contribution >= 0.6 is 11.3 Å². The standard InChI is InChI=1S/C17H19NO2S/c1-3-18(15-6-4-5-13(2)9-15)11-16-10-14(12-21-16)7-8-17(19)20/h4-10,12H,3,11H2,1-2H3,(H,19,20). The number of carboxylic acids is 1. The van der Waals surface area contributed by atoms with Crippen molar-refractivity contribution in [3.63, 3.8) is 0 Å². The molecule has 0 aliphatic carbocycles. The number of aliphatic carboxylic acids is 1. The average Bonchev–Trinajstić information content (AvgIpc) is 2.90. The minimum absolute atomic E-state index is 0.839. The van der Waals surface area contributed by atoms with E-state index in [-0.39, 0.29) is 0 Å². The second-order valence-electron chi connectivity index (χ2n) is 4.87. The van der Waals surface area contributed by atoms with Crippen molar-refractivity contribution in [2.24, 2.45) is 0 Å². The maximum absolute atomic E-state index is 10.5. The van der Waals surface area contributed by atoms with Gasteiger partial charge in [0, 0.05) is 23.2 Å². The number of nitrogens with zero attached hydrogens (tertiary/aromatic N) is 1. The highest BCUT2D eigenvalue weighted by atomic mass is 32.1. The molecule has 21 heavy (non-hydrogen) atoms. The highest BCUT2D eigenvalue weighted by Gasteiger charge is 2.07. The first-order chi connectivity index (χ1) is 10.1. The Morgan fingerprint density at radius 1 is 1.38 bits per heavy atom. The summed E-state index contributed by atoms with van der Waals surface area (Å²) >= 11 is 1.66. The molecule has 0 bridgehead atoms. The van der Waals surface area contributed by atoms with Crippen molar-refractivity contribution in [1.29, 1.82) is 0 Å².